The van der Waals surface area contributed by atoms with E-state index in [-0.39, 0.29) is 17.6 Å². The first-order valence-electron chi connectivity index (χ1n) is 13.3. The van der Waals surface area contributed by atoms with Crippen LogP contribution in [-0.4, -0.2) is 44.6 Å². The molecule has 0 radical (unpaired) electrons. The first-order valence-corrected chi connectivity index (χ1v) is 15.3. The van der Waals surface area contributed by atoms with Crippen molar-refractivity contribution in [2.24, 2.45) is 39.4 Å². The molecule has 1 saturated carbocycles. The van der Waals surface area contributed by atoms with Crippen molar-refractivity contribution in [1.29, 1.82) is 0 Å². The molecule has 0 spiro atoms. The van der Waals surface area contributed by atoms with Gasteiger partial charge in [-0.05, 0) is 79.9 Å². The highest BCUT2D eigenvalue weighted by Gasteiger charge is 2.36. The second kappa shape index (κ2) is 12.3. The van der Waals surface area contributed by atoms with E-state index in [1.54, 1.807) is 0 Å². The van der Waals surface area contributed by atoms with Gasteiger partial charge in [-0.25, -0.2) is 13.9 Å². The third-order valence-electron chi connectivity index (χ3n) is 8.32. The maximum Gasteiger partial charge on any atom is 0.231 e. The van der Waals surface area contributed by atoms with Gasteiger partial charge in [0.05, 0.1) is 5.92 Å². The molecule has 7 nitrogen and oxygen atoms in total. The molecule has 198 valence electrons. The Kier molecular flexibility index (Phi) is 9.41. The number of thioether (sulfide) groups is 1. The Hall–Kier alpha value is -1.55. The summed E-state index contributed by atoms with van der Waals surface area (Å²) in [6, 6.07) is 4.44. The van der Waals surface area contributed by atoms with Crippen LogP contribution >= 0.6 is 11.8 Å². The van der Waals surface area contributed by atoms with Gasteiger partial charge in [0, 0.05) is 34.4 Å². The van der Waals surface area contributed by atoms with Crippen LogP contribution in [0.3, 0.4) is 0 Å². The number of fused-ring (bicyclic) bond motifs is 2. The van der Waals surface area contributed by atoms with Gasteiger partial charge in [-0.2, -0.15) is 0 Å². The molecule has 0 amide bonds. The number of carbonyl (C=O) groups excluding carboxylic acids is 1. The molecule has 1 aliphatic heterocycles. The number of aliphatic imine (C=N–C) groups is 2. The molecular weight excluding hydrogens is 492 g/mol. The second-order valence-electron chi connectivity index (χ2n) is 10.5. The van der Waals surface area contributed by atoms with Crippen molar-refractivity contribution in [3.63, 3.8) is 0 Å². The molecule has 36 heavy (non-hydrogen) atoms. The van der Waals surface area contributed by atoms with Gasteiger partial charge in [-0.3, -0.25) is 14.3 Å². The molecule has 3 aliphatic rings. The van der Waals surface area contributed by atoms with E-state index in [1.165, 1.54) is 21.7 Å². The topological polar surface area (TPSA) is 117 Å². The Labute approximate surface area is 222 Å². The first-order chi connectivity index (χ1) is 17.3. The number of aryl methyl sites for hydroxylation is 2. The molecule has 6 atom stereocenters. The summed E-state index contributed by atoms with van der Waals surface area (Å²) in [6.07, 6.45) is 7.26. The zero-order chi connectivity index (χ0) is 25.8. The molecular formula is C27H40N4O3S2. The average Bonchev–Trinajstić information content (AvgIpc) is 3.23. The van der Waals surface area contributed by atoms with Crippen LogP contribution in [0.4, 0.5) is 0 Å². The van der Waals surface area contributed by atoms with Gasteiger partial charge in [0.1, 0.15) is 12.5 Å². The lowest BCUT2D eigenvalue weighted by Crippen LogP contribution is -2.39. The SMILES string of the molecule is CCc1cc2c(cc1SC1CC(CCCNS(=O)O)C(C)C3=NCN=C(N)C3CCC1C)C(=O)CC2. The van der Waals surface area contributed by atoms with E-state index in [9.17, 15) is 9.00 Å². The summed E-state index contributed by atoms with van der Waals surface area (Å²) >= 11 is -0.0350. The summed E-state index contributed by atoms with van der Waals surface area (Å²) in [7, 11) is 0. The summed E-state index contributed by atoms with van der Waals surface area (Å²) in [5.41, 5.74) is 11.0. The van der Waals surface area contributed by atoms with Crippen LogP contribution < -0.4 is 10.5 Å². The van der Waals surface area contributed by atoms with Gasteiger partial charge in [0.25, 0.3) is 0 Å². The molecule has 1 aromatic rings. The summed E-state index contributed by atoms with van der Waals surface area (Å²) < 4.78 is 22.8. The van der Waals surface area contributed by atoms with Crippen LogP contribution in [-0.2, 0) is 24.1 Å². The van der Waals surface area contributed by atoms with Crippen LogP contribution in [0.2, 0.25) is 0 Å². The molecule has 1 heterocycles. The van der Waals surface area contributed by atoms with Crippen LogP contribution in [0.15, 0.2) is 27.0 Å². The maximum atomic E-state index is 12.5. The number of hydrogen-bond acceptors (Lipinski definition) is 6. The van der Waals surface area contributed by atoms with Crippen LogP contribution in [0.5, 0.6) is 0 Å². The van der Waals surface area contributed by atoms with Gasteiger partial charge < -0.3 is 5.73 Å². The van der Waals surface area contributed by atoms with E-state index in [1.807, 2.05) is 11.8 Å². The van der Waals surface area contributed by atoms with Crippen molar-refractivity contribution in [3.8, 4) is 0 Å². The van der Waals surface area contributed by atoms with Gasteiger partial charge >= 0.3 is 0 Å². The van der Waals surface area contributed by atoms with Crippen LogP contribution in [0.25, 0.3) is 0 Å². The molecule has 6 unspecified atom stereocenters. The molecule has 2 aliphatic carbocycles. The predicted octanol–water partition coefficient (Wildman–Crippen LogP) is 4.80. The van der Waals surface area contributed by atoms with E-state index in [0.717, 1.165) is 50.5 Å². The minimum Gasteiger partial charge on any atom is -0.387 e. The highest BCUT2D eigenvalue weighted by molar-refractivity contribution is 8.00. The van der Waals surface area contributed by atoms with Crippen molar-refractivity contribution >= 4 is 40.4 Å². The number of amidine groups is 1. The third kappa shape index (κ3) is 6.29. The molecule has 9 heteroatoms. The fourth-order valence-electron chi connectivity index (χ4n) is 6.05. The highest BCUT2D eigenvalue weighted by atomic mass is 32.2. The quantitative estimate of drug-likeness (QED) is 0.328. The maximum absolute atomic E-state index is 12.5. The minimum absolute atomic E-state index is 0.106. The van der Waals surface area contributed by atoms with Gasteiger partial charge in [0.2, 0.25) is 11.3 Å². The van der Waals surface area contributed by atoms with Crippen molar-refractivity contribution in [2.45, 2.75) is 82.3 Å². The van der Waals surface area contributed by atoms with Gasteiger partial charge in [0.15, 0.2) is 5.78 Å². The fourth-order valence-corrected chi connectivity index (χ4v) is 7.95. The van der Waals surface area contributed by atoms with E-state index < -0.39 is 11.3 Å². The van der Waals surface area contributed by atoms with E-state index >= 15 is 0 Å². The van der Waals surface area contributed by atoms with Crippen LogP contribution in [0.1, 0.15) is 80.8 Å². The highest BCUT2D eigenvalue weighted by Crippen LogP contribution is 2.43. The molecule has 0 bridgehead atoms. The number of ketones is 1. The number of hydrogen-bond donors (Lipinski definition) is 3. The summed E-state index contributed by atoms with van der Waals surface area (Å²) in [4.78, 5) is 23.0. The van der Waals surface area contributed by atoms with Crippen LogP contribution in [0, 0.1) is 23.7 Å². The molecule has 0 saturated heterocycles. The van der Waals surface area contributed by atoms with Crippen molar-refractivity contribution in [1.82, 2.24) is 4.72 Å². The summed E-state index contributed by atoms with van der Waals surface area (Å²) in [5.74, 6) is 2.21. The molecule has 1 fully saturated rings. The van der Waals surface area contributed by atoms with Gasteiger partial charge in [-0.15, -0.1) is 11.8 Å². The smallest absolute Gasteiger partial charge is 0.231 e. The number of nitrogens with one attached hydrogen (secondary N) is 1. The lowest BCUT2D eigenvalue weighted by molar-refractivity contribution is 0.0994. The van der Waals surface area contributed by atoms with Gasteiger partial charge in [-0.1, -0.05) is 26.8 Å². The third-order valence-corrected chi connectivity index (χ3v) is 10.4. The first kappa shape index (κ1) is 27.5. The Morgan fingerprint density at radius 2 is 2.03 bits per heavy atom. The number of rotatable bonds is 8. The normalized spacial score (nSPS) is 29.3. The summed E-state index contributed by atoms with van der Waals surface area (Å²) in [6.45, 7) is 7.74. The Balaban J connectivity index is 1.61. The number of Topliss-reactive ketones (excluding diaryl/α,β-unsaturated/α-hetero) is 1. The van der Waals surface area contributed by atoms with E-state index in [2.05, 4.69) is 42.6 Å². The standard InChI is InChI=1S/C27H40N4O3S2/c1-4-18-12-20-8-10-23(32)22(20)14-25(18)35-24-13-19(6-5-11-31-36(33)34)17(3)26-21(9-7-16(24)2)27(28)30-15-29-26/h12,14,16-17,19,21,24,31H,4-11,13,15H2,1-3H3,(H2,28,30)(H,33,34). The molecule has 0 aromatic heterocycles. The van der Waals surface area contributed by atoms with Crippen molar-refractivity contribution in [2.75, 3.05) is 13.2 Å². The summed E-state index contributed by atoms with van der Waals surface area (Å²) in [5, 5.41) is 0.399. The zero-order valence-corrected chi connectivity index (χ0v) is 23.3. The Morgan fingerprint density at radius 1 is 1.22 bits per heavy atom. The van der Waals surface area contributed by atoms with E-state index in [4.69, 9.17) is 15.3 Å². The predicted molar refractivity (Wildman–Crippen MR) is 149 cm³/mol. The molecule has 1 aromatic carbocycles. The Morgan fingerprint density at radius 3 is 2.78 bits per heavy atom. The zero-order valence-electron chi connectivity index (χ0n) is 21.7. The lowest BCUT2D eigenvalue weighted by Gasteiger charge is -2.32. The monoisotopic (exact) mass is 532 g/mol. The average molecular weight is 533 g/mol. The number of nitrogens with two attached hydrogens (primary N) is 1. The largest absolute Gasteiger partial charge is 0.387 e. The Bertz CT molecular complexity index is 1060. The minimum atomic E-state index is -1.98. The van der Waals surface area contributed by atoms with Crippen molar-refractivity contribution in [3.05, 3.63) is 28.8 Å². The number of carbonyl (C=O) groups is 1. The fraction of sp³-hybridized carbons (Fsp3) is 0.667. The molecule has 4 rings (SSSR count). The van der Waals surface area contributed by atoms with Crippen molar-refractivity contribution < 1.29 is 13.6 Å². The number of nitrogens with zero attached hydrogens (tertiary/aromatic N) is 2. The molecule has 4 N–H and O–H groups in total. The van der Waals surface area contributed by atoms with E-state index in [0.29, 0.717) is 42.6 Å². The second-order valence-corrected chi connectivity index (χ2v) is 12.6. The lowest BCUT2D eigenvalue weighted by atomic mass is 9.78. The number of benzene rings is 1.